The third-order valence-corrected chi connectivity index (χ3v) is 10.9. The monoisotopic (exact) mass is 706 g/mol. The van der Waals surface area contributed by atoms with E-state index >= 15 is 0 Å². The minimum Gasteiger partial charge on any atom is -0.456 e. The van der Waals surface area contributed by atoms with Crippen molar-refractivity contribution in [2.24, 2.45) is 0 Å². The van der Waals surface area contributed by atoms with Gasteiger partial charge in [0.25, 0.3) is 11.8 Å². The van der Waals surface area contributed by atoms with Crippen LogP contribution >= 0.6 is 22.7 Å². The van der Waals surface area contributed by atoms with E-state index in [0.717, 1.165) is 43.2 Å². The van der Waals surface area contributed by atoms with Crippen LogP contribution in [0.4, 0.5) is 11.4 Å². The van der Waals surface area contributed by atoms with Crippen molar-refractivity contribution in [2.45, 2.75) is 13.8 Å². The normalized spacial score (nSPS) is 11.6. The fourth-order valence-corrected chi connectivity index (χ4v) is 8.36. The van der Waals surface area contributed by atoms with Gasteiger partial charge in [-0.3, -0.25) is 14.4 Å². The molecule has 9 rings (SSSR count). The zero-order chi connectivity index (χ0) is 34.8. The van der Waals surface area contributed by atoms with Crippen LogP contribution in [-0.2, 0) is 0 Å². The Kier molecular flexibility index (Phi) is 7.16. The second kappa shape index (κ2) is 11.9. The molecule has 0 spiro atoms. The second-order valence-corrected chi connectivity index (χ2v) is 14.1. The maximum absolute atomic E-state index is 13.8. The lowest BCUT2D eigenvalue weighted by Gasteiger charge is -2.08. The molecule has 5 heterocycles. The molecule has 248 valence electrons. The predicted octanol–water partition coefficient (Wildman–Crippen LogP) is 8.87. The van der Waals surface area contributed by atoms with E-state index in [9.17, 15) is 14.4 Å². The van der Waals surface area contributed by atoms with Gasteiger partial charge in [-0.15, -0.1) is 22.7 Å². The Labute approximate surface area is 297 Å². The van der Waals surface area contributed by atoms with Crippen LogP contribution in [0.25, 0.3) is 53.7 Å². The molecule has 10 nitrogen and oxygen atoms in total. The Hall–Kier alpha value is -6.37. The summed E-state index contributed by atoms with van der Waals surface area (Å²) in [6.45, 7) is 3.84. The van der Waals surface area contributed by atoms with Crippen LogP contribution < -0.4 is 16.1 Å². The number of benzene rings is 4. The van der Waals surface area contributed by atoms with E-state index in [2.05, 4.69) is 20.8 Å². The first-order valence-electron chi connectivity index (χ1n) is 16.0. The number of para-hydroxylation sites is 2. The quantitative estimate of drug-likeness (QED) is 0.167. The molecule has 2 N–H and O–H groups in total. The van der Waals surface area contributed by atoms with Crippen LogP contribution in [0.1, 0.15) is 30.7 Å². The summed E-state index contributed by atoms with van der Waals surface area (Å²) in [5, 5.41) is 17.6. The van der Waals surface area contributed by atoms with Gasteiger partial charge in [-0.25, -0.2) is 9.36 Å². The highest BCUT2D eigenvalue weighted by molar-refractivity contribution is 7.21. The number of aromatic nitrogens is 4. The zero-order valence-electron chi connectivity index (χ0n) is 27.1. The number of carbonyl (C=O) groups excluding carboxylic acids is 2. The Morgan fingerprint density at radius 1 is 0.588 bits per heavy atom. The van der Waals surface area contributed by atoms with E-state index < -0.39 is 0 Å². The molecule has 0 aliphatic rings. The van der Waals surface area contributed by atoms with Crippen LogP contribution in [0, 0.1) is 13.8 Å². The predicted molar refractivity (Wildman–Crippen MR) is 203 cm³/mol. The number of hydrogen-bond acceptors (Lipinski definition) is 8. The molecule has 0 bridgehead atoms. The van der Waals surface area contributed by atoms with Crippen LogP contribution in [0.5, 0.6) is 0 Å². The molecule has 51 heavy (non-hydrogen) atoms. The third kappa shape index (κ3) is 5.28. The van der Waals surface area contributed by atoms with E-state index in [1.54, 1.807) is 36.4 Å². The van der Waals surface area contributed by atoms with Crippen molar-refractivity contribution < 1.29 is 14.0 Å². The van der Waals surface area contributed by atoms with Gasteiger partial charge >= 0.3 is 0 Å². The number of fused-ring (bicyclic) bond motifs is 4. The van der Waals surface area contributed by atoms with Crippen LogP contribution in [0.15, 0.2) is 118 Å². The summed E-state index contributed by atoms with van der Waals surface area (Å²) < 4.78 is 9.76. The second-order valence-electron chi connectivity index (χ2n) is 12.1. The molecule has 5 aromatic heterocycles. The highest BCUT2D eigenvalue weighted by Gasteiger charge is 2.20. The largest absolute Gasteiger partial charge is 0.456 e. The minimum atomic E-state index is -0.294. The first-order valence-corrected chi connectivity index (χ1v) is 17.7. The molecule has 0 aliphatic heterocycles. The standard InChI is InChI=1S/C39H26N6O4S2/c1-21-27-19-33(50-38(27)44(42-21)25-9-5-3-6-10-25)36(47)40-23-13-15-31-29(17-23)35(46)30-18-24(14-16-32(30)49-31)41-37(48)34-20-28-22(2)43-45(39(28)51-34)26-11-7-4-8-12-26/h3-20H,1-2H3,(H,40,47)(H,41,48). The van der Waals surface area contributed by atoms with Gasteiger partial charge in [0.15, 0.2) is 0 Å². The third-order valence-electron chi connectivity index (χ3n) is 8.72. The van der Waals surface area contributed by atoms with Gasteiger partial charge in [0.05, 0.1) is 43.3 Å². The minimum absolute atomic E-state index is 0.278. The fraction of sp³-hybridized carbons (Fsp3) is 0.0513. The Morgan fingerprint density at radius 2 is 1.02 bits per heavy atom. The number of amides is 2. The highest BCUT2D eigenvalue weighted by atomic mass is 32.1. The molecule has 0 aliphatic carbocycles. The van der Waals surface area contributed by atoms with Crippen molar-refractivity contribution in [3.8, 4) is 11.4 Å². The van der Waals surface area contributed by atoms with Gasteiger partial charge in [-0.1, -0.05) is 36.4 Å². The number of nitrogens with zero attached hydrogens (tertiary/aromatic N) is 4. The molecule has 4 aromatic carbocycles. The molecule has 2 amide bonds. The summed E-state index contributed by atoms with van der Waals surface area (Å²) in [6, 6.07) is 33.2. The van der Waals surface area contributed by atoms with Gasteiger partial charge in [-0.05, 0) is 86.6 Å². The number of nitrogens with one attached hydrogen (secondary N) is 2. The molecule has 0 radical (unpaired) electrons. The Bertz CT molecular complexity index is 2710. The lowest BCUT2D eigenvalue weighted by Crippen LogP contribution is -2.12. The SMILES string of the molecule is Cc1nn(-c2ccccc2)c2sc(C(=O)Nc3ccc4oc5ccc(NC(=O)c6cc7c(C)nn(-c8ccccc8)c7s6)cc5c(=O)c4c3)cc12. The molecule has 0 saturated carbocycles. The zero-order valence-corrected chi connectivity index (χ0v) is 28.8. The number of anilines is 2. The molecule has 0 saturated heterocycles. The molecule has 0 atom stereocenters. The van der Waals surface area contributed by atoms with Gasteiger partial charge < -0.3 is 15.1 Å². The van der Waals surface area contributed by atoms with Crippen LogP contribution in [0.2, 0.25) is 0 Å². The Balaban J connectivity index is 0.988. The molecule has 9 aromatic rings. The topological polar surface area (TPSA) is 124 Å². The summed E-state index contributed by atoms with van der Waals surface area (Å²) in [5.41, 5.74) is 4.88. The Morgan fingerprint density at radius 3 is 1.45 bits per heavy atom. The molecule has 0 unspecified atom stereocenters. The van der Waals surface area contributed by atoms with E-state index in [0.29, 0.717) is 43.1 Å². The van der Waals surface area contributed by atoms with E-state index in [-0.39, 0.29) is 17.2 Å². The van der Waals surface area contributed by atoms with Crippen molar-refractivity contribution in [2.75, 3.05) is 10.6 Å². The summed E-state index contributed by atoms with van der Waals surface area (Å²) >= 11 is 2.70. The van der Waals surface area contributed by atoms with Gasteiger partial charge in [0.1, 0.15) is 20.8 Å². The molecular formula is C39H26N6O4S2. The fourth-order valence-electron chi connectivity index (χ4n) is 6.20. The van der Waals surface area contributed by atoms with Crippen molar-refractivity contribution >= 4 is 88.2 Å². The van der Waals surface area contributed by atoms with E-state index in [1.807, 2.05) is 96.0 Å². The van der Waals surface area contributed by atoms with E-state index in [4.69, 9.17) is 4.42 Å². The lowest BCUT2D eigenvalue weighted by molar-refractivity contribution is 0.102. The summed E-state index contributed by atoms with van der Waals surface area (Å²) in [5.74, 6) is -0.588. The van der Waals surface area contributed by atoms with Gasteiger partial charge in [0.2, 0.25) is 5.43 Å². The van der Waals surface area contributed by atoms with Crippen molar-refractivity contribution in [3.63, 3.8) is 0 Å². The first-order chi connectivity index (χ1) is 24.8. The molecule has 12 heteroatoms. The lowest BCUT2D eigenvalue weighted by atomic mass is 10.1. The van der Waals surface area contributed by atoms with Crippen LogP contribution in [0.3, 0.4) is 0 Å². The summed E-state index contributed by atoms with van der Waals surface area (Å²) in [4.78, 5) is 43.4. The number of hydrogen-bond donors (Lipinski definition) is 2. The average molecular weight is 707 g/mol. The highest BCUT2D eigenvalue weighted by Crippen LogP contribution is 2.33. The average Bonchev–Trinajstić information content (AvgIpc) is 3.92. The number of rotatable bonds is 6. The maximum atomic E-state index is 13.8. The van der Waals surface area contributed by atoms with Gasteiger partial charge in [-0.2, -0.15) is 10.2 Å². The van der Waals surface area contributed by atoms with Crippen molar-refractivity contribution in [1.29, 1.82) is 0 Å². The number of thiophene rings is 2. The van der Waals surface area contributed by atoms with Crippen molar-refractivity contribution in [1.82, 2.24) is 19.6 Å². The van der Waals surface area contributed by atoms with Crippen molar-refractivity contribution in [3.05, 3.63) is 141 Å². The van der Waals surface area contributed by atoms with E-state index in [1.165, 1.54) is 22.7 Å². The number of carbonyl (C=O) groups is 2. The molecular weight excluding hydrogens is 681 g/mol. The number of aryl methyl sites for hydroxylation is 2. The smallest absolute Gasteiger partial charge is 0.265 e. The van der Waals surface area contributed by atoms with Crippen LogP contribution in [-0.4, -0.2) is 31.4 Å². The summed E-state index contributed by atoms with van der Waals surface area (Å²) in [7, 11) is 0. The summed E-state index contributed by atoms with van der Waals surface area (Å²) in [6.07, 6.45) is 0. The van der Waals surface area contributed by atoms with Gasteiger partial charge in [0, 0.05) is 22.1 Å². The first kappa shape index (κ1) is 30.7. The maximum Gasteiger partial charge on any atom is 0.265 e. The molecule has 0 fully saturated rings.